The topological polar surface area (TPSA) is 40.6 Å². The summed E-state index contributed by atoms with van der Waals surface area (Å²) in [5, 5.41) is 0. The molecule has 2 aromatic carbocycles. The highest BCUT2D eigenvalue weighted by atomic mass is 16.2. The fourth-order valence-electron chi connectivity index (χ4n) is 3.14. The van der Waals surface area contributed by atoms with E-state index in [0.29, 0.717) is 26.1 Å². The Kier molecular flexibility index (Phi) is 4.94. The van der Waals surface area contributed by atoms with Gasteiger partial charge in [-0.2, -0.15) is 0 Å². The molecule has 4 nitrogen and oxygen atoms in total. The van der Waals surface area contributed by atoms with Crippen LogP contribution in [0.2, 0.25) is 0 Å². The molecule has 1 heterocycles. The summed E-state index contributed by atoms with van der Waals surface area (Å²) >= 11 is 0. The maximum atomic E-state index is 12.9. The summed E-state index contributed by atoms with van der Waals surface area (Å²) in [6, 6.07) is 19.5. The average molecular weight is 322 g/mol. The van der Waals surface area contributed by atoms with Gasteiger partial charge in [-0.3, -0.25) is 9.59 Å². The Morgan fingerprint density at radius 3 is 2.33 bits per heavy atom. The van der Waals surface area contributed by atoms with E-state index in [9.17, 15) is 9.59 Å². The van der Waals surface area contributed by atoms with Crippen molar-refractivity contribution in [2.24, 2.45) is 5.92 Å². The van der Waals surface area contributed by atoms with Crippen molar-refractivity contribution in [3.05, 3.63) is 66.2 Å². The molecule has 0 saturated carbocycles. The quantitative estimate of drug-likeness (QED) is 0.849. The molecule has 2 amide bonds. The zero-order chi connectivity index (χ0) is 16.9. The van der Waals surface area contributed by atoms with Crippen molar-refractivity contribution >= 4 is 17.5 Å². The molecular weight excluding hydrogens is 300 g/mol. The van der Waals surface area contributed by atoms with Crippen LogP contribution in [0.25, 0.3) is 0 Å². The number of benzene rings is 2. The number of amides is 2. The molecule has 1 atom stereocenters. The van der Waals surface area contributed by atoms with Crippen molar-refractivity contribution in [1.82, 2.24) is 4.90 Å². The van der Waals surface area contributed by atoms with E-state index in [2.05, 4.69) is 0 Å². The summed E-state index contributed by atoms with van der Waals surface area (Å²) in [5.74, 6) is -0.176. The lowest BCUT2D eigenvalue weighted by atomic mass is 10.1. The van der Waals surface area contributed by atoms with Gasteiger partial charge >= 0.3 is 0 Å². The van der Waals surface area contributed by atoms with Gasteiger partial charge in [0.25, 0.3) is 0 Å². The molecule has 1 aliphatic rings. The van der Waals surface area contributed by atoms with Gasteiger partial charge in [0, 0.05) is 31.7 Å². The highest BCUT2D eigenvalue weighted by Gasteiger charge is 2.36. The van der Waals surface area contributed by atoms with Crippen LogP contribution in [0.1, 0.15) is 18.9 Å². The number of para-hydroxylation sites is 1. The summed E-state index contributed by atoms with van der Waals surface area (Å²) in [6.45, 7) is 3.68. The SMILES string of the molecule is CCN(Cc1ccccc1)C(=O)C1CC(=O)N(c2ccccc2)C1. The van der Waals surface area contributed by atoms with Gasteiger partial charge in [-0.05, 0) is 24.6 Å². The fraction of sp³-hybridized carbons (Fsp3) is 0.300. The Labute approximate surface area is 142 Å². The lowest BCUT2D eigenvalue weighted by Gasteiger charge is -2.24. The number of rotatable bonds is 5. The Morgan fingerprint density at radius 1 is 1.08 bits per heavy atom. The molecule has 24 heavy (non-hydrogen) atoms. The van der Waals surface area contributed by atoms with Crippen LogP contribution in [0.5, 0.6) is 0 Å². The molecule has 1 aliphatic heterocycles. The number of carbonyl (C=O) groups is 2. The van der Waals surface area contributed by atoms with Crippen molar-refractivity contribution in [2.45, 2.75) is 19.9 Å². The standard InChI is InChI=1S/C20H22N2O2/c1-2-21(14-16-9-5-3-6-10-16)20(24)17-13-19(23)22(15-17)18-11-7-4-8-12-18/h3-12,17H,2,13-15H2,1H3. The van der Waals surface area contributed by atoms with Crippen LogP contribution in [-0.4, -0.2) is 29.8 Å². The molecule has 0 aromatic heterocycles. The molecule has 0 radical (unpaired) electrons. The zero-order valence-corrected chi connectivity index (χ0v) is 13.9. The van der Waals surface area contributed by atoms with Crippen molar-refractivity contribution < 1.29 is 9.59 Å². The lowest BCUT2D eigenvalue weighted by Crippen LogP contribution is -2.37. The summed E-state index contributed by atoms with van der Waals surface area (Å²) in [5.41, 5.74) is 1.97. The van der Waals surface area contributed by atoms with Crippen LogP contribution in [0.3, 0.4) is 0 Å². The fourth-order valence-corrected chi connectivity index (χ4v) is 3.14. The second-order valence-electron chi connectivity index (χ2n) is 6.08. The molecule has 2 aromatic rings. The minimum atomic E-state index is -0.263. The third-order valence-electron chi connectivity index (χ3n) is 4.45. The molecule has 124 valence electrons. The van der Waals surface area contributed by atoms with Crippen LogP contribution in [0.15, 0.2) is 60.7 Å². The molecule has 1 saturated heterocycles. The van der Waals surface area contributed by atoms with Gasteiger partial charge in [0.05, 0.1) is 5.92 Å². The molecular formula is C20H22N2O2. The van der Waals surface area contributed by atoms with Crippen LogP contribution in [0, 0.1) is 5.92 Å². The van der Waals surface area contributed by atoms with Gasteiger partial charge in [-0.1, -0.05) is 48.5 Å². The van der Waals surface area contributed by atoms with Gasteiger partial charge in [0.15, 0.2) is 0 Å². The largest absolute Gasteiger partial charge is 0.338 e. The van der Waals surface area contributed by atoms with E-state index in [4.69, 9.17) is 0 Å². The molecule has 1 unspecified atom stereocenters. The molecule has 0 N–H and O–H groups in total. The van der Waals surface area contributed by atoms with Gasteiger partial charge in [0.2, 0.25) is 11.8 Å². The van der Waals surface area contributed by atoms with Crippen LogP contribution < -0.4 is 4.90 Å². The van der Waals surface area contributed by atoms with Crippen molar-refractivity contribution in [2.75, 3.05) is 18.0 Å². The van der Waals surface area contributed by atoms with Gasteiger partial charge < -0.3 is 9.80 Å². The Hall–Kier alpha value is -2.62. The first-order valence-corrected chi connectivity index (χ1v) is 8.37. The molecule has 3 rings (SSSR count). The molecule has 1 fully saturated rings. The number of anilines is 1. The predicted molar refractivity (Wildman–Crippen MR) is 94.4 cm³/mol. The lowest BCUT2D eigenvalue weighted by molar-refractivity contribution is -0.136. The van der Waals surface area contributed by atoms with E-state index in [0.717, 1.165) is 11.3 Å². The summed E-state index contributed by atoms with van der Waals surface area (Å²) < 4.78 is 0. The van der Waals surface area contributed by atoms with E-state index in [1.165, 1.54) is 0 Å². The smallest absolute Gasteiger partial charge is 0.228 e. The minimum Gasteiger partial charge on any atom is -0.338 e. The number of nitrogens with zero attached hydrogens (tertiary/aromatic N) is 2. The Balaban J connectivity index is 1.69. The highest BCUT2D eigenvalue weighted by molar-refractivity contribution is 6.00. The zero-order valence-electron chi connectivity index (χ0n) is 13.9. The van der Waals surface area contributed by atoms with E-state index in [1.807, 2.05) is 72.5 Å². The molecule has 0 bridgehead atoms. The third-order valence-corrected chi connectivity index (χ3v) is 4.45. The monoisotopic (exact) mass is 322 g/mol. The summed E-state index contributed by atoms with van der Waals surface area (Å²) in [4.78, 5) is 28.7. The maximum absolute atomic E-state index is 12.9. The normalized spacial score (nSPS) is 17.1. The van der Waals surface area contributed by atoms with Crippen LogP contribution in [-0.2, 0) is 16.1 Å². The molecule has 0 spiro atoms. The van der Waals surface area contributed by atoms with Crippen molar-refractivity contribution in [3.63, 3.8) is 0 Å². The molecule has 4 heteroatoms. The van der Waals surface area contributed by atoms with Gasteiger partial charge in [0.1, 0.15) is 0 Å². The minimum absolute atomic E-state index is 0.0234. The Bertz CT molecular complexity index is 700. The summed E-state index contributed by atoms with van der Waals surface area (Å²) in [6.07, 6.45) is 0.291. The van der Waals surface area contributed by atoms with E-state index < -0.39 is 0 Å². The van der Waals surface area contributed by atoms with Crippen LogP contribution in [0.4, 0.5) is 5.69 Å². The van der Waals surface area contributed by atoms with E-state index >= 15 is 0 Å². The summed E-state index contributed by atoms with van der Waals surface area (Å²) in [7, 11) is 0. The molecule has 0 aliphatic carbocycles. The first kappa shape index (κ1) is 16.2. The maximum Gasteiger partial charge on any atom is 0.228 e. The predicted octanol–water partition coefficient (Wildman–Crippen LogP) is 3.09. The first-order chi connectivity index (χ1) is 11.7. The second kappa shape index (κ2) is 7.30. The number of carbonyl (C=O) groups excluding carboxylic acids is 2. The first-order valence-electron chi connectivity index (χ1n) is 8.37. The second-order valence-corrected chi connectivity index (χ2v) is 6.08. The highest BCUT2D eigenvalue weighted by Crippen LogP contribution is 2.26. The van der Waals surface area contributed by atoms with Crippen molar-refractivity contribution in [1.29, 1.82) is 0 Å². The third kappa shape index (κ3) is 3.48. The van der Waals surface area contributed by atoms with Gasteiger partial charge in [-0.25, -0.2) is 0 Å². The average Bonchev–Trinajstić information content (AvgIpc) is 3.02. The Morgan fingerprint density at radius 2 is 1.71 bits per heavy atom. The van der Waals surface area contributed by atoms with Crippen molar-refractivity contribution in [3.8, 4) is 0 Å². The number of hydrogen-bond donors (Lipinski definition) is 0. The van der Waals surface area contributed by atoms with E-state index in [-0.39, 0.29) is 17.7 Å². The van der Waals surface area contributed by atoms with Crippen LogP contribution >= 0.6 is 0 Å². The van der Waals surface area contributed by atoms with Gasteiger partial charge in [-0.15, -0.1) is 0 Å². The van der Waals surface area contributed by atoms with E-state index in [1.54, 1.807) is 4.90 Å². The number of hydrogen-bond acceptors (Lipinski definition) is 2.